The molecule has 108 valence electrons. The fourth-order valence-electron chi connectivity index (χ4n) is 2.22. The lowest BCUT2D eigenvalue weighted by Gasteiger charge is -2.24. The van der Waals surface area contributed by atoms with Crippen LogP contribution in [-0.4, -0.2) is 20.1 Å². The Morgan fingerprint density at radius 3 is 2.47 bits per heavy atom. The second-order valence-corrected chi connectivity index (χ2v) is 6.23. The Bertz CT molecular complexity index is 392. The van der Waals surface area contributed by atoms with Crippen LogP contribution in [0.4, 0.5) is 5.69 Å². The summed E-state index contributed by atoms with van der Waals surface area (Å²) in [7, 11) is 2.17. The minimum absolute atomic E-state index is 0.383. The number of benzene rings is 1. The van der Waals surface area contributed by atoms with Gasteiger partial charge in [0.2, 0.25) is 0 Å². The molecule has 1 rings (SSSR count). The third-order valence-corrected chi connectivity index (χ3v) is 4.37. The smallest absolute Gasteiger partial charge is 0.0375 e. The number of anilines is 1. The Morgan fingerprint density at radius 2 is 1.95 bits per heavy atom. The lowest BCUT2D eigenvalue weighted by atomic mass is 10.1. The van der Waals surface area contributed by atoms with Gasteiger partial charge in [-0.05, 0) is 37.1 Å². The van der Waals surface area contributed by atoms with Crippen molar-refractivity contribution < 1.29 is 0 Å². The summed E-state index contributed by atoms with van der Waals surface area (Å²) in [6, 6.07) is 7.05. The molecule has 3 heteroatoms. The third-order valence-electron chi connectivity index (χ3n) is 3.68. The summed E-state index contributed by atoms with van der Waals surface area (Å²) in [5, 5.41) is 3.45. The molecule has 2 atom stereocenters. The minimum atomic E-state index is 0.383. The van der Waals surface area contributed by atoms with Crippen molar-refractivity contribution in [3.05, 3.63) is 28.2 Å². The first kappa shape index (κ1) is 16.5. The van der Waals surface area contributed by atoms with Crippen molar-refractivity contribution in [2.45, 2.75) is 40.2 Å². The summed E-state index contributed by atoms with van der Waals surface area (Å²) >= 11 is 3.70. The number of hydrogen-bond acceptors (Lipinski definition) is 2. The maximum atomic E-state index is 3.70. The van der Waals surface area contributed by atoms with E-state index in [4.69, 9.17) is 0 Å². The highest BCUT2D eigenvalue weighted by molar-refractivity contribution is 9.10. The second-order valence-electron chi connectivity index (χ2n) is 5.38. The zero-order valence-corrected chi connectivity index (χ0v) is 14.4. The molecule has 0 aliphatic heterocycles. The zero-order chi connectivity index (χ0) is 14.4. The van der Waals surface area contributed by atoms with Crippen LogP contribution < -0.4 is 10.2 Å². The standard InChI is InChI=1S/C16H27BrN2/c1-6-12(3)11-19(5)14-8-9-15(16(17)10-14)13(4)18-7-2/h8-10,12-13,18H,6-7,11H2,1-5H3. The van der Waals surface area contributed by atoms with E-state index in [0.717, 1.165) is 19.0 Å². The van der Waals surface area contributed by atoms with Crippen LogP contribution >= 0.6 is 15.9 Å². The molecule has 0 heterocycles. The first-order valence-electron chi connectivity index (χ1n) is 7.23. The zero-order valence-electron chi connectivity index (χ0n) is 12.8. The fourth-order valence-corrected chi connectivity index (χ4v) is 2.93. The van der Waals surface area contributed by atoms with Crippen molar-refractivity contribution in [1.29, 1.82) is 0 Å². The maximum absolute atomic E-state index is 3.70. The minimum Gasteiger partial charge on any atom is -0.374 e. The molecule has 0 aliphatic carbocycles. The van der Waals surface area contributed by atoms with Gasteiger partial charge in [0.25, 0.3) is 0 Å². The molecule has 0 radical (unpaired) electrons. The average molecular weight is 327 g/mol. The highest BCUT2D eigenvalue weighted by Gasteiger charge is 2.11. The van der Waals surface area contributed by atoms with Crippen molar-refractivity contribution in [3.63, 3.8) is 0 Å². The van der Waals surface area contributed by atoms with Gasteiger partial charge in [0.1, 0.15) is 0 Å². The summed E-state index contributed by atoms with van der Waals surface area (Å²) in [5.41, 5.74) is 2.60. The summed E-state index contributed by atoms with van der Waals surface area (Å²) in [6.07, 6.45) is 1.22. The molecule has 2 unspecified atom stereocenters. The molecule has 0 fully saturated rings. The molecular weight excluding hydrogens is 300 g/mol. The monoisotopic (exact) mass is 326 g/mol. The van der Waals surface area contributed by atoms with Gasteiger partial charge < -0.3 is 10.2 Å². The number of hydrogen-bond donors (Lipinski definition) is 1. The van der Waals surface area contributed by atoms with Crippen molar-refractivity contribution >= 4 is 21.6 Å². The normalized spacial score (nSPS) is 14.2. The molecule has 2 nitrogen and oxygen atoms in total. The quantitative estimate of drug-likeness (QED) is 0.787. The number of halogens is 1. The van der Waals surface area contributed by atoms with Crippen LogP contribution in [0.3, 0.4) is 0 Å². The first-order valence-corrected chi connectivity index (χ1v) is 8.02. The van der Waals surface area contributed by atoms with E-state index < -0.39 is 0 Å². The molecule has 0 amide bonds. The van der Waals surface area contributed by atoms with Gasteiger partial charge in [-0.2, -0.15) is 0 Å². The predicted octanol–water partition coefficient (Wildman–Crippen LogP) is 4.60. The first-order chi connectivity index (χ1) is 8.99. The Hall–Kier alpha value is -0.540. The molecule has 1 aromatic carbocycles. The molecule has 0 aliphatic rings. The Balaban J connectivity index is 2.81. The Morgan fingerprint density at radius 1 is 1.26 bits per heavy atom. The molecule has 0 spiro atoms. The van der Waals surface area contributed by atoms with E-state index in [9.17, 15) is 0 Å². The van der Waals surface area contributed by atoms with Crippen LogP contribution in [0.1, 0.15) is 45.7 Å². The Labute approximate surface area is 126 Å². The molecule has 0 saturated heterocycles. The third kappa shape index (κ3) is 4.81. The number of rotatable bonds is 7. The highest BCUT2D eigenvalue weighted by atomic mass is 79.9. The highest BCUT2D eigenvalue weighted by Crippen LogP contribution is 2.28. The summed E-state index contributed by atoms with van der Waals surface area (Å²) in [6.45, 7) is 11.0. The van der Waals surface area contributed by atoms with E-state index in [1.165, 1.54) is 22.1 Å². The molecule has 1 N–H and O–H groups in total. The molecule has 0 bridgehead atoms. The van der Waals surface area contributed by atoms with Crippen molar-refractivity contribution in [2.24, 2.45) is 5.92 Å². The van der Waals surface area contributed by atoms with Gasteiger partial charge in [-0.1, -0.05) is 49.2 Å². The molecule has 1 aromatic rings. The van der Waals surface area contributed by atoms with Gasteiger partial charge in [0.15, 0.2) is 0 Å². The van der Waals surface area contributed by atoms with E-state index in [-0.39, 0.29) is 0 Å². The number of nitrogens with one attached hydrogen (secondary N) is 1. The topological polar surface area (TPSA) is 15.3 Å². The van der Waals surface area contributed by atoms with Gasteiger partial charge >= 0.3 is 0 Å². The lowest BCUT2D eigenvalue weighted by molar-refractivity contribution is 0.559. The van der Waals surface area contributed by atoms with E-state index in [1.807, 2.05) is 0 Å². The average Bonchev–Trinajstić information content (AvgIpc) is 2.38. The fraction of sp³-hybridized carbons (Fsp3) is 0.625. The van der Waals surface area contributed by atoms with E-state index >= 15 is 0 Å². The van der Waals surface area contributed by atoms with E-state index in [0.29, 0.717) is 6.04 Å². The van der Waals surface area contributed by atoms with Gasteiger partial charge in [0.05, 0.1) is 0 Å². The molecule has 19 heavy (non-hydrogen) atoms. The van der Waals surface area contributed by atoms with Crippen LogP contribution in [0, 0.1) is 5.92 Å². The molecule has 0 saturated carbocycles. The predicted molar refractivity (Wildman–Crippen MR) is 89.0 cm³/mol. The summed E-state index contributed by atoms with van der Waals surface area (Å²) in [5.74, 6) is 0.726. The lowest BCUT2D eigenvalue weighted by Crippen LogP contribution is -2.24. The maximum Gasteiger partial charge on any atom is 0.0375 e. The molecule has 0 aromatic heterocycles. The largest absolute Gasteiger partial charge is 0.374 e. The summed E-state index contributed by atoms with van der Waals surface area (Å²) in [4.78, 5) is 2.33. The van der Waals surface area contributed by atoms with E-state index in [2.05, 4.69) is 79.1 Å². The van der Waals surface area contributed by atoms with Crippen molar-refractivity contribution in [2.75, 3.05) is 25.0 Å². The van der Waals surface area contributed by atoms with Gasteiger partial charge in [0, 0.05) is 29.8 Å². The van der Waals surface area contributed by atoms with Crippen LogP contribution in [0.15, 0.2) is 22.7 Å². The van der Waals surface area contributed by atoms with Crippen LogP contribution in [0.2, 0.25) is 0 Å². The number of nitrogens with zero attached hydrogens (tertiary/aromatic N) is 1. The van der Waals surface area contributed by atoms with E-state index in [1.54, 1.807) is 0 Å². The van der Waals surface area contributed by atoms with Gasteiger partial charge in [-0.15, -0.1) is 0 Å². The Kier molecular flexibility index (Phi) is 6.87. The summed E-state index contributed by atoms with van der Waals surface area (Å²) < 4.78 is 1.19. The second kappa shape index (κ2) is 7.91. The van der Waals surface area contributed by atoms with Crippen LogP contribution in [-0.2, 0) is 0 Å². The SMILES string of the molecule is CCNC(C)c1ccc(N(C)CC(C)CC)cc1Br. The van der Waals surface area contributed by atoms with Gasteiger partial charge in [-0.3, -0.25) is 0 Å². The van der Waals surface area contributed by atoms with Gasteiger partial charge in [-0.25, -0.2) is 0 Å². The molecular formula is C16H27BrN2. The van der Waals surface area contributed by atoms with Crippen LogP contribution in [0.5, 0.6) is 0 Å². The van der Waals surface area contributed by atoms with Crippen molar-refractivity contribution in [3.8, 4) is 0 Å². The van der Waals surface area contributed by atoms with Crippen LogP contribution in [0.25, 0.3) is 0 Å². The van der Waals surface area contributed by atoms with Crippen molar-refractivity contribution in [1.82, 2.24) is 5.32 Å².